The molecule has 16 heavy (non-hydrogen) atoms. The summed E-state index contributed by atoms with van der Waals surface area (Å²) in [6, 6.07) is 10.1. The second kappa shape index (κ2) is 4.95. The largest absolute Gasteiger partial charge is 0.369 e. The molecular weight excluding hydrogens is 204 g/mol. The van der Waals surface area contributed by atoms with Crippen LogP contribution in [0.25, 0.3) is 0 Å². The van der Waals surface area contributed by atoms with Gasteiger partial charge in [-0.3, -0.25) is 0 Å². The van der Waals surface area contributed by atoms with Crippen LogP contribution in [0.15, 0.2) is 30.3 Å². The van der Waals surface area contributed by atoms with Crippen molar-refractivity contribution in [2.45, 2.75) is 32.3 Å². The van der Waals surface area contributed by atoms with Gasteiger partial charge in [0.1, 0.15) is 6.10 Å². The van der Waals surface area contributed by atoms with E-state index in [-0.39, 0.29) is 6.10 Å². The summed E-state index contributed by atoms with van der Waals surface area (Å²) < 4.78 is 16.8. The summed E-state index contributed by atoms with van der Waals surface area (Å²) in [5, 5.41) is 0. The Balaban J connectivity index is 1.76. The third kappa shape index (κ3) is 3.30. The Morgan fingerprint density at radius 3 is 2.44 bits per heavy atom. The normalized spacial score (nSPS) is 20.9. The van der Waals surface area contributed by atoms with Crippen LogP contribution in [-0.2, 0) is 20.8 Å². The summed E-state index contributed by atoms with van der Waals surface area (Å²) in [6.07, 6.45) is 0.0354. The molecule has 0 saturated carbocycles. The predicted molar refractivity (Wildman–Crippen MR) is 61.0 cm³/mol. The zero-order chi connectivity index (χ0) is 11.4. The first-order valence-electron chi connectivity index (χ1n) is 5.59. The summed E-state index contributed by atoms with van der Waals surface area (Å²) in [4.78, 5) is 0. The van der Waals surface area contributed by atoms with Crippen molar-refractivity contribution in [3.05, 3.63) is 35.9 Å². The highest BCUT2D eigenvalue weighted by Crippen LogP contribution is 2.19. The van der Waals surface area contributed by atoms with Gasteiger partial charge in [0.05, 0.1) is 19.8 Å². The van der Waals surface area contributed by atoms with Crippen LogP contribution in [0.4, 0.5) is 0 Å². The van der Waals surface area contributed by atoms with E-state index in [1.165, 1.54) is 5.56 Å². The first-order valence-corrected chi connectivity index (χ1v) is 5.59. The molecular formula is C13H18O3. The van der Waals surface area contributed by atoms with Gasteiger partial charge < -0.3 is 14.2 Å². The van der Waals surface area contributed by atoms with Gasteiger partial charge >= 0.3 is 0 Å². The maximum Gasteiger partial charge on any atom is 0.163 e. The lowest BCUT2D eigenvalue weighted by molar-refractivity contribution is -0.280. The SMILES string of the molecule is CC1(C)OCC(OCc2ccccc2)CO1. The maximum atomic E-state index is 5.71. The molecule has 1 fully saturated rings. The van der Waals surface area contributed by atoms with Gasteiger partial charge in [-0.05, 0) is 19.4 Å². The van der Waals surface area contributed by atoms with Gasteiger partial charge in [-0.25, -0.2) is 0 Å². The fourth-order valence-corrected chi connectivity index (χ4v) is 1.56. The molecule has 1 aliphatic rings. The Kier molecular flexibility index (Phi) is 3.59. The van der Waals surface area contributed by atoms with Crippen molar-refractivity contribution in [1.82, 2.24) is 0 Å². The topological polar surface area (TPSA) is 27.7 Å². The van der Waals surface area contributed by atoms with Gasteiger partial charge in [-0.1, -0.05) is 30.3 Å². The minimum Gasteiger partial charge on any atom is -0.369 e. The molecule has 0 bridgehead atoms. The number of ether oxygens (including phenoxy) is 3. The lowest BCUT2D eigenvalue weighted by atomic mass is 10.2. The van der Waals surface area contributed by atoms with E-state index < -0.39 is 5.79 Å². The Hall–Kier alpha value is -0.900. The molecule has 0 radical (unpaired) electrons. The molecule has 0 aromatic heterocycles. The van der Waals surface area contributed by atoms with Crippen LogP contribution in [0, 0.1) is 0 Å². The summed E-state index contributed by atoms with van der Waals surface area (Å²) >= 11 is 0. The monoisotopic (exact) mass is 222 g/mol. The minimum atomic E-state index is -0.466. The van der Waals surface area contributed by atoms with Crippen LogP contribution in [0.2, 0.25) is 0 Å². The Morgan fingerprint density at radius 1 is 1.19 bits per heavy atom. The lowest BCUT2D eigenvalue weighted by Gasteiger charge is -2.34. The van der Waals surface area contributed by atoms with Crippen LogP contribution >= 0.6 is 0 Å². The smallest absolute Gasteiger partial charge is 0.163 e. The number of benzene rings is 1. The predicted octanol–water partition coefficient (Wildman–Crippen LogP) is 2.35. The van der Waals surface area contributed by atoms with Crippen LogP contribution in [0.1, 0.15) is 19.4 Å². The molecule has 0 aliphatic carbocycles. The Morgan fingerprint density at radius 2 is 1.81 bits per heavy atom. The highest BCUT2D eigenvalue weighted by atomic mass is 16.7. The molecule has 1 saturated heterocycles. The third-order valence-electron chi connectivity index (χ3n) is 2.56. The first kappa shape index (κ1) is 11.6. The molecule has 3 nitrogen and oxygen atoms in total. The summed E-state index contributed by atoms with van der Waals surface area (Å²) in [5.41, 5.74) is 1.17. The molecule has 1 aromatic rings. The minimum absolute atomic E-state index is 0.0354. The highest BCUT2D eigenvalue weighted by molar-refractivity contribution is 5.13. The van der Waals surface area contributed by atoms with E-state index in [4.69, 9.17) is 14.2 Å². The molecule has 88 valence electrons. The fourth-order valence-electron chi connectivity index (χ4n) is 1.56. The van der Waals surface area contributed by atoms with Crippen LogP contribution < -0.4 is 0 Å². The molecule has 1 aliphatic heterocycles. The molecule has 3 heteroatoms. The molecule has 0 unspecified atom stereocenters. The third-order valence-corrected chi connectivity index (χ3v) is 2.56. The second-order valence-corrected chi connectivity index (χ2v) is 4.44. The van der Waals surface area contributed by atoms with Gasteiger partial charge in [0.2, 0.25) is 0 Å². The molecule has 0 amide bonds. The standard InChI is InChI=1S/C13H18O3/c1-13(2)15-9-12(10-16-13)14-8-11-6-4-3-5-7-11/h3-7,12H,8-10H2,1-2H3. The van der Waals surface area contributed by atoms with Crippen molar-refractivity contribution < 1.29 is 14.2 Å². The van der Waals surface area contributed by atoms with Gasteiger partial charge in [-0.2, -0.15) is 0 Å². The highest BCUT2D eigenvalue weighted by Gasteiger charge is 2.28. The van der Waals surface area contributed by atoms with Crippen molar-refractivity contribution in [3.63, 3.8) is 0 Å². The molecule has 1 aromatic carbocycles. The number of hydrogen-bond donors (Lipinski definition) is 0. The van der Waals surface area contributed by atoms with Crippen molar-refractivity contribution >= 4 is 0 Å². The van der Waals surface area contributed by atoms with E-state index in [0.29, 0.717) is 19.8 Å². The van der Waals surface area contributed by atoms with Gasteiger partial charge in [0, 0.05) is 0 Å². The average Bonchev–Trinajstić information content (AvgIpc) is 2.29. The average molecular weight is 222 g/mol. The fraction of sp³-hybridized carbons (Fsp3) is 0.538. The van der Waals surface area contributed by atoms with E-state index in [1.54, 1.807) is 0 Å². The molecule has 0 N–H and O–H groups in total. The van der Waals surface area contributed by atoms with Gasteiger partial charge in [0.25, 0.3) is 0 Å². The van der Waals surface area contributed by atoms with Crippen molar-refractivity contribution in [1.29, 1.82) is 0 Å². The van der Waals surface area contributed by atoms with Gasteiger partial charge in [-0.15, -0.1) is 0 Å². The zero-order valence-corrected chi connectivity index (χ0v) is 9.81. The summed E-state index contributed by atoms with van der Waals surface area (Å²) in [5.74, 6) is -0.466. The Labute approximate surface area is 96.3 Å². The number of rotatable bonds is 3. The van der Waals surface area contributed by atoms with E-state index in [1.807, 2.05) is 32.0 Å². The summed E-state index contributed by atoms with van der Waals surface area (Å²) in [7, 11) is 0. The summed E-state index contributed by atoms with van der Waals surface area (Å²) in [6.45, 7) is 5.64. The van der Waals surface area contributed by atoms with E-state index in [2.05, 4.69) is 12.1 Å². The molecule has 2 rings (SSSR count). The molecule has 0 atom stereocenters. The van der Waals surface area contributed by atoms with Gasteiger partial charge in [0.15, 0.2) is 5.79 Å². The van der Waals surface area contributed by atoms with E-state index >= 15 is 0 Å². The van der Waals surface area contributed by atoms with Crippen LogP contribution in [0.5, 0.6) is 0 Å². The Bertz CT molecular complexity index is 311. The van der Waals surface area contributed by atoms with Crippen LogP contribution in [-0.4, -0.2) is 25.1 Å². The lowest BCUT2D eigenvalue weighted by Crippen LogP contribution is -2.43. The molecule has 1 heterocycles. The molecule has 0 spiro atoms. The van der Waals surface area contributed by atoms with E-state index in [0.717, 1.165) is 0 Å². The first-order chi connectivity index (χ1) is 7.66. The quantitative estimate of drug-likeness (QED) is 0.785. The number of hydrogen-bond acceptors (Lipinski definition) is 3. The van der Waals surface area contributed by atoms with Crippen molar-refractivity contribution in [2.75, 3.05) is 13.2 Å². The maximum absolute atomic E-state index is 5.71. The van der Waals surface area contributed by atoms with Crippen molar-refractivity contribution in [3.8, 4) is 0 Å². The van der Waals surface area contributed by atoms with Crippen LogP contribution in [0.3, 0.4) is 0 Å². The van der Waals surface area contributed by atoms with Crippen molar-refractivity contribution in [2.24, 2.45) is 0 Å². The van der Waals surface area contributed by atoms with E-state index in [9.17, 15) is 0 Å². The zero-order valence-electron chi connectivity index (χ0n) is 9.81. The second-order valence-electron chi connectivity index (χ2n) is 4.44.